The van der Waals surface area contributed by atoms with Crippen LogP contribution in [0.1, 0.15) is 0 Å². The number of allylic oxidation sites excluding steroid dienone is 2. The van der Waals surface area contributed by atoms with Crippen LogP contribution in [0.4, 0.5) is 5.95 Å². The highest BCUT2D eigenvalue weighted by Crippen LogP contribution is 2.19. The average molecular weight is 212 g/mol. The lowest BCUT2D eigenvalue weighted by Gasteiger charge is -2.33. The summed E-state index contributed by atoms with van der Waals surface area (Å²) >= 11 is 0. The first kappa shape index (κ1) is 9.15. The number of nitrogens with zero attached hydrogens (tertiary/aromatic N) is 4. The number of aromatic nitrogens is 2. The summed E-state index contributed by atoms with van der Waals surface area (Å²) in [6, 6.07) is 1.83. The standard InChI is InChI=1S/C12H12N4/c1-2-7-15-8-9-16(10-11(15)4-1)12-13-5-3-6-14-12/h1-6,8-9H,7,10H2. The van der Waals surface area contributed by atoms with Gasteiger partial charge in [0.15, 0.2) is 0 Å². The summed E-state index contributed by atoms with van der Waals surface area (Å²) in [5.41, 5.74) is 1.28. The van der Waals surface area contributed by atoms with Gasteiger partial charge in [-0.2, -0.15) is 0 Å². The van der Waals surface area contributed by atoms with Gasteiger partial charge in [0.2, 0.25) is 5.95 Å². The highest BCUT2D eigenvalue weighted by atomic mass is 15.3. The monoisotopic (exact) mass is 212 g/mol. The molecule has 16 heavy (non-hydrogen) atoms. The van der Waals surface area contributed by atoms with Gasteiger partial charge in [-0.05, 0) is 12.1 Å². The van der Waals surface area contributed by atoms with Crippen LogP contribution in [0.3, 0.4) is 0 Å². The fourth-order valence-corrected chi connectivity index (χ4v) is 1.83. The summed E-state index contributed by atoms with van der Waals surface area (Å²) in [6.45, 7) is 1.77. The summed E-state index contributed by atoms with van der Waals surface area (Å²) < 4.78 is 0. The predicted octanol–water partition coefficient (Wildman–Crippen LogP) is 1.52. The second-order valence-corrected chi connectivity index (χ2v) is 3.71. The van der Waals surface area contributed by atoms with Gasteiger partial charge in [-0.1, -0.05) is 12.2 Å². The van der Waals surface area contributed by atoms with Crippen molar-refractivity contribution < 1.29 is 0 Å². The van der Waals surface area contributed by atoms with Crippen LogP contribution in [-0.2, 0) is 0 Å². The first-order chi connectivity index (χ1) is 7.93. The van der Waals surface area contributed by atoms with Gasteiger partial charge in [0, 0.05) is 37.0 Å². The van der Waals surface area contributed by atoms with Crippen LogP contribution in [0.15, 0.2) is 54.8 Å². The van der Waals surface area contributed by atoms with E-state index < -0.39 is 0 Å². The molecule has 0 unspecified atom stereocenters. The fraction of sp³-hybridized carbons (Fsp3) is 0.167. The summed E-state index contributed by atoms with van der Waals surface area (Å²) in [6.07, 6.45) is 14.0. The molecule has 0 bridgehead atoms. The minimum Gasteiger partial charge on any atom is -0.345 e. The van der Waals surface area contributed by atoms with Crippen LogP contribution in [0.25, 0.3) is 0 Å². The molecular formula is C12H12N4. The second-order valence-electron chi connectivity index (χ2n) is 3.71. The molecule has 3 rings (SSSR count). The van der Waals surface area contributed by atoms with Gasteiger partial charge >= 0.3 is 0 Å². The van der Waals surface area contributed by atoms with E-state index in [1.54, 1.807) is 12.4 Å². The maximum absolute atomic E-state index is 4.24. The molecule has 0 aromatic carbocycles. The molecule has 80 valence electrons. The zero-order valence-corrected chi connectivity index (χ0v) is 8.82. The Balaban J connectivity index is 1.88. The third-order valence-corrected chi connectivity index (χ3v) is 2.66. The lowest BCUT2D eigenvalue weighted by atomic mass is 10.2. The summed E-state index contributed by atoms with van der Waals surface area (Å²) in [5, 5.41) is 0. The van der Waals surface area contributed by atoms with Crippen molar-refractivity contribution in [1.29, 1.82) is 0 Å². The SMILES string of the molecule is C1=CCN2C=CN(c3ncccn3)CC2=C1. The Hall–Kier alpha value is -2.10. The molecule has 0 N–H and O–H groups in total. The molecule has 0 atom stereocenters. The van der Waals surface area contributed by atoms with E-state index >= 15 is 0 Å². The third-order valence-electron chi connectivity index (χ3n) is 2.66. The average Bonchev–Trinajstić information content (AvgIpc) is 2.39. The van der Waals surface area contributed by atoms with Gasteiger partial charge in [0.25, 0.3) is 0 Å². The molecule has 1 aromatic rings. The van der Waals surface area contributed by atoms with E-state index in [9.17, 15) is 0 Å². The van der Waals surface area contributed by atoms with Gasteiger partial charge in [-0.25, -0.2) is 9.97 Å². The van der Waals surface area contributed by atoms with Gasteiger partial charge < -0.3 is 9.80 Å². The Bertz CT molecular complexity index is 461. The van der Waals surface area contributed by atoms with Crippen LogP contribution in [0.2, 0.25) is 0 Å². The van der Waals surface area contributed by atoms with Gasteiger partial charge in [0.05, 0.1) is 6.54 Å². The smallest absolute Gasteiger partial charge is 0.229 e. The summed E-state index contributed by atoms with van der Waals surface area (Å²) in [5.74, 6) is 0.744. The second kappa shape index (κ2) is 3.81. The molecule has 3 heterocycles. The molecule has 0 aliphatic carbocycles. The first-order valence-corrected chi connectivity index (χ1v) is 5.28. The maximum Gasteiger partial charge on any atom is 0.229 e. The van der Waals surface area contributed by atoms with E-state index in [0.29, 0.717) is 0 Å². The first-order valence-electron chi connectivity index (χ1n) is 5.28. The Morgan fingerprint density at radius 1 is 1.06 bits per heavy atom. The molecule has 4 nitrogen and oxygen atoms in total. The highest BCUT2D eigenvalue weighted by Gasteiger charge is 2.17. The van der Waals surface area contributed by atoms with E-state index in [-0.39, 0.29) is 0 Å². The molecule has 2 aliphatic rings. The van der Waals surface area contributed by atoms with Crippen LogP contribution in [-0.4, -0.2) is 28.0 Å². The number of hydrogen-bond acceptors (Lipinski definition) is 4. The third kappa shape index (κ3) is 1.58. The zero-order valence-electron chi connectivity index (χ0n) is 8.82. The van der Waals surface area contributed by atoms with Crippen LogP contribution >= 0.6 is 0 Å². The van der Waals surface area contributed by atoms with Crippen molar-refractivity contribution in [2.45, 2.75) is 0 Å². The van der Waals surface area contributed by atoms with Crippen molar-refractivity contribution in [3.8, 4) is 0 Å². The van der Waals surface area contributed by atoms with Crippen molar-refractivity contribution in [1.82, 2.24) is 14.9 Å². The lowest BCUT2D eigenvalue weighted by Crippen LogP contribution is -2.34. The summed E-state index contributed by atoms with van der Waals surface area (Å²) in [7, 11) is 0. The Morgan fingerprint density at radius 3 is 2.75 bits per heavy atom. The van der Waals surface area contributed by atoms with E-state index in [0.717, 1.165) is 19.0 Å². The predicted molar refractivity (Wildman–Crippen MR) is 62.4 cm³/mol. The van der Waals surface area contributed by atoms with Crippen LogP contribution in [0.5, 0.6) is 0 Å². The lowest BCUT2D eigenvalue weighted by molar-refractivity contribution is 0.481. The molecule has 1 aromatic heterocycles. The minimum absolute atomic E-state index is 0.744. The highest BCUT2D eigenvalue weighted by molar-refractivity contribution is 5.40. The molecule has 4 heteroatoms. The van der Waals surface area contributed by atoms with Crippen molar-refractivity contribution in [3.05, 3.63) is 54.8 Å². The number of hydrogen-bond donors (Lipinski definition) is 0. The number of anilines is 1. The van der Waals surface area contributed by atoms with Gasteiger partial charge in [-0.15, -0.1) is 0 Å². The Morgan fingerprint density at radius 2 is 1.88 bits per heavy atom. The quantitative estimate of drug-likeness (QED) is 0.706. The Kier molecular flexibility index (Phi) is 2.18. The summed E-state index contributed by atoms with van der Waals surface area (Å²) in [4.78, 5) is 12.7. The largest absolute Gasteiger partial charge is 0.345 e. The zero-order chi connectivity index (χ0) is 10.8. The van der Waals surface area contributed by atoms with E-state index in [2.05, 4.69) is 39.3 Å². The minimum atomic E-state index is 0.744. The molecule has 0 saturated carbocycles. The van der Waals surface area contributed by atoms with Gasteiger partial charge in [0.1, 0.15) is 0 Å². The normalized spacial score (nSPS) is 18.4. The van der Waals surface area contributed by atoms with E-state index in [1.165, 1.54) is 5.70 Å². The van der Waals surface area contributed by atoms with E-state index in [4.69, 9.17) is 0 Å². The maximum atomic E-state index is 4.24. The van der Waals surface area contributed by atoms with Gasteiger partial charge in [-0.3, -0.25) is 0 Å². The molecular weight excluding hydrogens is 200 g/mol. The molecule has 2 aliphatic heterocycles. The van der Waals surface area contributed by atoms with Crippen molar-refractivity contribution >= 4 is 5.95 Å². The number of rotatable bonds is 1. The van der Waals surface area contributed by atoms with Crippen LogP contribution in [0, 0.1) is 0 Å². The topological polar surface area (TPSA) is 32.3 Å². The molecule has 0 radical (unpaired) electrons. The van der Waals surface area contributed by atoms with Crippen LogP contribution < -0.4 is 4.90 Å². The molecule has 0 spiro atoms. The van der Waals surface area contributed by atoms with Crippen molar-refractivity contribution in [3.63, 3.8) is 0 Å². The van der Waals surface area contributed by atoms with Crippen molar-refractivity contribution in [2.75, 3.05) is 18.0 Å². The molecule has 0 saturated heterocycles. The molecule has 0 fully saturated rings. The van der Waals surface area contributed by atoms with Crippen molar-refractivity contribution in [2.24, 2.45) is 0 Å². The number of fused-ring (bicyclic) bond motifs is 1. The molecule has 0 amide bonds. The van der Waals surface area contributed by atoms with E-state index in [1.807, 2.05) is 17.2 Å². The fourth-order valence-electron chi connectivity index (χ4n) is 1.83. The Labute approximate surface area is 94.2 Å².